The number of hydrogen-bond acceptors (Lipinski definition) is 3. The van der Waals surface area contributed by atoms with Crippen molar-refractivity contribution in [1.29, 1.82) is 0 Å². The van der Waals surface area contributed by atoms with Gasteiger partial charge in [-0.1, -0.05) is 6.92 Å². The number of carbonyl (C=O) groups is 2. The Balaban J connectivity index is 2.21. The van der Waals surface area contributed by atoms with E-state index in [1.807, 2.05) is 18.4 Å². The van der Waals surface area contributed by atoms with Gasteiger partial charge in [-0.05, 0) is 47.4 Å². The van der Waals surface area contributed by atoms with Gasteiger partial charge < -0.3 is 10.4 Å². The number of rotatable bonds is 7. The summed E-state index contributed by atoms with van der Waals surface area (Å²) in [6.45, 7) is 2.59. The van der Waals surface area contributed by atoms with E-state index in [4.69, 9.17) is 5.11 Å². The molecule has 1 amide bonds. The summed E-state index contributed by atoms with van der Waals surface area (Å²) < 4.78 is 1.09. The van der Waals surface area contributed by atoms with Gasteiger partial charge in [0.1, 0.15) is 0 Å². The summed E-state index contributed by atoms with van der Waals surface area (Å²) in [4.78, 5) is 22.1. The van der Waals surface area contributed by atoms with E-state index in [0.29, 0.717) is 24.4 Å². The van der Waals surface area contributed by atoms with Crippen LogP contribution in [0.2, 0.25) is 0 Å². The maximum absolute atomic E-state index is 11.7. The summed E-state index contributed by atoms with van der Waals surface area (Å²) in [5.41, 5.74) is 0.697. The van der Waals surface area contributed by atoms with Crippen LogP contribution < -0.4 is 5.32 Å². The van der Waals surface area contributed by atoms with E-state index in [0.717, 1.165) is 9.30 Å². The fourth-order valence-electron chi connectivity index (χ4n) is 1.48. The van der Waals surface area contributed by atoms with Crippen molar-refractivity contribution >= 4 is 45.8 Å². The van der Waals surface area contributed by atoms with E-state index in [1.54, 1.807) is 11.3 Å². The third-order valence-corrected chi connectivity index (χ3v) is 4.39. The van der Waals surface area contributed by atoms with Gasteiger partial charge in [-0.3, -0.25) is 9.59 Å². The minimum absolute atomic E-state index is 0.0559. The second-order valence-electron chi connectivity index (χ2n) is 4.22. The molecule has 1 aromatic heterocycles. The monoisotopic (exact) mass is 381 g/mol. The molecular weight excluding hydrogens is 365 g/mol. The number of carbonyl (C=O) groups excluding carboxylic acids is 1. The minimum Gasteiger partial charge on any atom is -0.481 e. The van der Waals surface area contributed by atoms with Crippen LogP contribution in [-0.4, -0.2) is 23.5 Å². The van der Waals surface area contributed by atoms with Crippen molar-refractivity contribution in [2.24, 2.45) is 5.92 Å². The zero-order valence-electron chi connectivity index (χ0n) is 10.1. The topological polar surface area (TPSA) is 66.4 Å². The molecule has 0 aliphatic heterocycles. The molecule has 1 aromatic rings. The summed E-state index contributed by atoms with van der Waals surface area (Å²) in [6, 6.07) is 1.86. The summed E-state index contributed by atoms with van der Waals surface area (Å²) in [5, 5.41) is 13.2. The van der Waals surface area contributed by atoms with E-state index >= 15 is 0 Å². The number of thiophene rings is 1. The lowest BCUT2D eigenvalue weighted by Crippen LogP contribution is -2.25. The molecule has 0 fully saturated rings. The Kier molecular flexibility index (Phi) is 6.62. The molecule has 100 valence electrons. The van der Waals surface area contributed by atoms with Gasteiger partial charge in [-0.2, -0.15) is 0 Å². The predicted molar refractivity (Wildman–Crippen MR) is 80.0 cm³/mol. The number of hydrogen-bond donors (Lipinski definition) is 2. The molecule has 0 aliphatic rings. The molecule has 1 atom stereocenters. The molecule has 6 heteroatoms. The van der Waals surface area contributed by atoms with Crippen LogP contribution in [0.4, 0.5) is 0 Å². The number of amides is 1. The van der Waals surface area contributed by atoms with E-state index in [1.165, 1.54) is 0 Å². The Bertz CT molecular complexity index is 419. The lowest BCUT2D eigenvalue weighted by molar-refractivity contribution is -0.137. The van der Waals surface area contributed by atoms with Crippen LogP contribution >= 0.6 is 33.9 Å². The lowest BCUT2D eigenvalue weighted by Gasteiger charge is -2.10. The summed E-state index contributed by atoms with van der Waals surface area (Å²) in [5.74, 6) is -0.512. The highest BCUT2D eigenvalue weighted by atomic mass is 127. The quantitative estimate of drug-likeness (QED) is 0.714. The molecular formula is C12H16INO3S. The SMILES string of the molecule is CC(CCNC(=O)c1csc(I)c1)CCC(=O)O. The first-order valence-corrected chi connectivity index (χ1v) is 7.69. The van der Waals surface area contributed by atoms with Crippen molar-refractivity contribution in [3.05, 3.63) is 19.9 Å². The van der Waals surface area contributed by atoms with E-state index < -0.39 is 5.97 Å². The Labute approximate surface area is 124 Å². The summed E-state index contributed by atoms with van der Waals surface area (Å²) in [7, 11) is 0. The predicted octanol–water partition coefficient (Wildman–Crippen LogP) is 2.97. The molecule has 1 unspecified atom stereocenters. The molecule has 0 bridgehead atoms. The van der Waals surface area contributed by atoms with Gasteiger partial charge in [0.25, 0.3) is 5.91 Å². The molecule has 0 saturated carbocycles. The minimum atomic E-state index is -0.765. The maximum Gasteiger partial charge on any atom is 0.303 e. The molecule has 2 N–H and O–H groups in total. The van der Waals surface area contributed by atoms with E-state index in [9.17, 15) is 9.59 Å². The van der Waals surface area contributed by atoms with E-state index in [2.05, 4.69) is 27.9 Å². The number of halogens is 1. The Morgan fingerprint density at radius 3 is 2.78 bits per heavy atom. The molecule has 1 heterocycles. The van der Waals surface area contributed by atoms with Gasteiger partial charge in [0, 0.05) is 18.3 Å². The number of nitrogens with one attached hydrogen (secondary N) is 1. The Hall–Kier alpha value is -0.630. The second kappa shape index (κ2) is 7.73. The fraction of sp³-hybridized carbons (Fsp3) is 0.500. The van der Waals surface area contributed by atoms with Crippen LogP contribution in [0.15, 0.2) is 11.4 Å². The average Bonchev–Trinajstić information content (AvgIpc) is 2.73. The molecule has 0 radical (unpaired) electrons. The van der Waals surface area contributed by atoms with Crippen molar-refractivity contribution in [2.75, 3.05) is 6.54 Å². The van der Waals surface area contributed by atoms with Crippen molar-refractivity contribution < 1.29 is 14.7 Å². The molecule has 1 rings (SSSR count). The summed E-state index contributed by atoms with van der Waals surface area (Å²) in [6.07, 6.45) is 1.65. The normalized spacial score (nSPS) is 12.1. The zero-order chi connectivity index (χ0) is 13.5. The van der Waals surface area contributed by atoms with Gasteiger partial charge in [-0.25, -0.2) is 0 Å². The Morgan fingerprint density at radius 2 is 2.22 bits per heavy atom. The highest BCUT2D eigenvalue weighted by molar-refractivity contribution is 14.1. The average molecular weight is 381 g/mol. The number of aliphatic carboxylic acids is 1. The smallest absolute Gasteiger partial charge is 0.303 e. The van der Waals surface area contributed by atoms with Crippen LogP contribution in [0.5, 0.6) is 0 Å². The van der Waals surface area contributed by atoms with Crippen LogP contribution in [-0.2, 0) is 4.79 Å². The third-order valence-electron chi connectivity index (χ3n) is 2.60. The van der Waals surface area contributed by atoms with Crippen molar-refractivity contribution in [2.45, 2.75) is 26.2 Å². The standard InChI is InChI=1S/C12H16INO3S/c1-8(2-3-11(15)16)4-5-14-12(17)9-6-10(13)18-7-9/h6-8H,2-5H2,1H3,(H,14,17)(H,15,16). The van der Waals surface area contributed by atoms with Crippen molar-refractivity contribution in [3.8, 4) is 0 Å². The van der Waals surface area contributed by atoms with Crippen LogP contribution in [0, 0.1) is 8.80 Å². The van der Waals surface area contributed by atoms with Gasteiger partial charge in [-0.15, -0.1) is 11.3 Å². The molecule has 0 aliphatic carbocycles. The largest absolute Gasteiger partial charge is 0.481 e. The highest BCUT2D eigenvalue weighted by Gasteiger charge is 2.09. The van der Waals surface area contributed by atoms with Crippen LogP contribution in [0.3, 0.4) is 0 Å². The second-order valence-corrected chi connectivity index (χ2v) is 7.03. The third kappa shape index (κ3) is 5.81. The number of carboxylic acid groups (broad SMARTS) is 1. The molecule has 0 saturated heterocycles. The molecule has 0 aromatic carbocycles. The van der Waals surface area contributed by atoms with Gasteiger partial charge in [0.15, 0.2) is 0 Å². The van der Waals surface area contributed by atoms with Crippen LogP contribution in [0.1, 0.15) is 36.5 Å². The molecule has 0 spiro atoms. The zero-order valence-corrected chi connectivity index (χ0v) is 13.1. The fourth-order valence-corrected chi connectivity index (χ4v) is 2.80. The van der Waals surface area contributed by atoms with Crippen molar-refractivity contribution in [1.82, 2.24) is 5.32 Å². The van der Waals surface area contributed by atoms with Gasteiger partial charge in [0.2, 0.25) is 0 Å². The van der Waals surface area contributed by atoms with Gasteiger partial charge >= 0.3 is 5.97 Å². The van der Waals surface area contributed by atoms with Crippen LogP contribution in [0.25, 0.3) is 0 Å². The van der Waals surface area contributed by atoms with Gasteiger partial charge in [0.05, 0.1) is 8.45 Å². The van der Waals surface area contributed by atoms with E-state index in [-0.39, 0.29) is 12.3 Å². The first-order chi connectivity index (χ1) is 8.49. The maximum atomic E-state index is 11.7. The first kappa shape index (κ1) is 15.4. The first-order valence-electron chi connectivity index (χ1n) is 5.73. The number of carboxylic acids is 1. The van der Waals surface area contributed by atoms with Crippen molar-refractivity contribution in [3.63, 3.8) is 0 Å². The summed E-state index contributed by atoms with van der Waals surface area (Å²) >= 11 is 3.73. The molecule has 4 nitrogen and oxygen atoms in total. The Morgan fingerprint density at radius 1 is 1.50 bits per heavy atom. The highest BCUT2D eigenvalue weighted by Crippen LogP contribution is 2.16. The molecule has 18 heavy (non-hydrogen) atoms. The lowest BCUT2D eigenvalue weighted by atomic mass is 10.0.